The number of hydrogen-bond acceptors (Lipinski definition) is 6. The lowest BCUT2D eigenvalue weighted by molar-refractivity contribution is -0.137. The van der Waals surface area contributed by atoms with Crippen LogP contribution in [0.4, 0.5) is 19.0 Å². The smallest absolute Gasteiger partial charge is 0.356 e. The predicted octanol–water partition coefficient (Wildman–Crippen LogP) is 5.59. The molecule has 12 heteroatoms. The van der Waals surface area contributed by atoms with Crippen LogP contribution in [-0.2, 0) is 22.3 Å². The first-order chi connectivity index (χ1) is 20.6. The number of benzene rings is 1. The molecule has 4 aromatic rings. The van der Waals surface area contributed by atoms with Crippen LogP contribution in [0.5, 0.6) is 0 Å². The van der Waals surface area contributed by atoms with Gasteiger partial charge >= 0.3 is 6.18 Å². The lowest BCUT2D eigenvalue weighted by Gasteiger charge is -2.34. The number of alkyl halides is 3. The number of halogens is 4. The lowest BCUT2D eigenvalue weighted by atomic mass is 9.95. The molecule has 1 unspecified atom stereocenters. The number of nitrogens with one attached hydrogen (secondary N) is 2. The zero-order valence-corrected chi connectivity index (χ0v) is 24.0. The van der Waals surface area contributed by atoms with E-state index in [0.717, 1.165) is 36.7 Å². The van der Waals surface area contributed by atoms with Gasteiger partial charge in [0.15, 0.2) is 0 Å². The van der Waals surface area contributed by atoms with Gasteiger partial charge in [-0.25, -0.2) is 9.97 Å². The van der Waals surface area contributed by atoms with E-state index in [2.05, 4.69) is 20.6 Å². The Labute approximate surface area is 251 Å². The maximum atomic E-state index is 14.1. The van der Waals surface area contributed by atoms with Crippen molar-refractivity contribution in [2.75, 3.05) is 24.5 Å². The third-order valence-electron chi connectivity index (χ3n) is 8.13. The second-order valence-corrected chi connectivity index (χ2v) is 11.6. The number of carbonyl (C=O) groups excluding carboxylic acids is 2. The topological polar surface area (TPSA) is 91.6 Å². The van der Waals surface area contributed by atoms with Crippen molar-refractivity contribution in [3.05, 3.63) is 82.9 Å². The summed E-state index contributed by atoms with van der Waals surface area (Å²) >= 11 is 6.04. The van der Waals surface area contributed by atoms with Gasteiger partial charge in [-0.15, -0.1) is 0 Å². The number of imide groups is 1. The van der Waals surface area contributed by atoms with E-state index in [1.54, 1.807) is 29.2 Å². The lowest BCUT2D eigenvalue weighted by Crippen LogP contribution is -2.39. The molecule has 0 radical (unpaired) electrons. The van der Waals surface area contributed by atoms with Crippen LogP contribution >= 0.6 is 11.6 Å². The van der Waals surface area contributed by atoms with E-state index in [9.17, 15) is 22.8 Å². The van der Waals surface area contributed by atoms with Gasteiger partial charge < -0.3 is 14.6 Å². The Morgan fingerprint density at radius 2 is 1.84 bits per heavy atom. The van der Waals surface area contributed by atoms with Crippen LogP contribution in [0.1, 0.15) is 48.4 Å². The number of carbonyl (C=O) groups is 2. The van der Waals surface area contributed by atoms with Crippen molar-refractivity contribution in [3.8, 4) is 11.1 Å². The molecular formula is C31H30ClF3N6O2. The first kappa shape index (κ1) is 29.1. The zero-order chi connectivity index (χ0) is 30.1. The summed E-state index contributed by atoms with van der Waals surface area (Å²) in [5, 5.41) is 6.31. The minimum atomic E-state index is -4.53. The van der Waals surface area contributed by atoms with E-state index in [-0.39, 0.29) is 17.6 Å². The maximum Gasteiger partial charge on any atom is 0.419 e. The van der Waals surface area contributed by atoms with Crippen LogP contribution in [0.2, 0.25) is 5.02 Å². The summed E-state index contributed by atoms with van der Waals surface area (Å²) < 4.78 is 44.1. The van der Waals surface area contributed by atoms with Gasteiger partial charge in [-0.1, -0.05) is 29.8 Å². The van der Waals surface area contributed by atoms with Crippen LogP contribution in [-0.4, -0.2) is 45.8 Å². The molecule has 1 atom stereocenters. The molecule has 2 saturated heterocycles. The van der Waals surface area contributed by atoms with Gasteiger partial charge in [-0.2, -0.15) is 13.2 Å². The van der Waals surface area contributed by atoms with Crippen molar-refractivity contribution >= 4 is 34.9 Å². The Morgan fingerprint density at radius 3 is 2.58 bits per heavy atom. The number of pyridine rings is 2. The Morgan fingerprint density at radius 1 is 1.02 bits per heavy atom. The number of rotatable bonds is 7. The fraction of sp³-hybridized carbons (Fsp3) is 0.355. The molecule has 1 aromatic carbocycles. The van der Waals surface area contributed by atoms with E-state index >= 15 is 0 Å². The molecule has 0 aliphatic carbocycles. The van der Waals surface area contributed by atoms with Crippen LogP contribution in [0, 0.1) is 5.92 Å². The Hall–Kier alpha value is -3.96. The van der Waals surface area contributed by atoms with Gasteiger partial charge in [-0.05, 0) is 67.1 Å². The van der Waals surface area contributed by atoms with Gasteiger partial charge in [0, 0.05) is 55.2 Å². The molecule has 8 nitrogen and oxygen atoms in total. The number of fused-ring (bicyclic) bond motifs is 1. The molecule has 2 fully saturated rings. The first-order valence-corrected chi connectivity index (χ1v) is 14.6. The van der Waals surface area contributed by atoms with Gasteiger partial charge in [0.1, 0.15) is 11.5 Å². The van der Waals surface area contributed by atoms with E-state index in [1.165, 1.54) is 6.20 Å². The molecule has 2 aliphatic rings. The normalized spacial score (nSPS) is 18.3. The van der Waals surface area contributed by atoms with Gasteiger partial charge in [0.25, 0.3) is 0 Å². The molecule has 2 N–H and O–H groups in total. The minimum absolute atomic E-state index is 0.0324. The Kier molecular flexibility index (Phi) is 8.11. The number of imidazole rings is 1. The van der Waals surface area contributed by atoms with Gasteiger partial charge in [0.05, 0.1) is 17.2 Å². The average Bonchev–Trinajstić information content (AvgIpc) is 3.40. The molecule has 0 spiro atoms. The quantitative estimate of drug-likeness (QED) is 0.265. The molecule has 5 heterocycles. The van der Waals surface area contributed by atoms with E-state index < -0.39 is 17.7 Å². The first-order valence-electron chi connectivity index (χ1n) is 14.2. The van der Waals surface area contributed by atoms with Crippen LogP contribution < -0.4 is 15.5 Å². The largest absolute Gasteiger partial charge is 0.419 e. The molecule has 0 bridgehead atoms. The highest BCUT2D eigenvalue weighted by molar-refractivity contribution is 6.30. The fourth-order valence-electron chi connectivity index (χ4n) is 5.82. The van der Waals surface area contributed by atoms with Crippen LogP contribution in [0.15, 0.2) is 61.1 Å². The highest BCUT2D eigenvalue weighted by atomic mass is 35.5. The second-order valence-electron chi connectivity index (χ2n) is 11.1. The summed E-state index contributed by atoms with van der Waals surface area (Å²) in [5.41, 5.74) is 2.63. The molecular weight excluding hydrogens is 581 g/mol. The number of amides is 2. The number of anilines is 1. The summed E-state index contributed by atoms with van der Waals surface area (Å²) in [6, 6.07) is 11.8. The van der Waals surface area contributed by atoms with Crippen molar-refractivity contribution < 1.29 is 22.8 Å². The van der Waals surface area contributed by atoms with Crippen molar-refractivity contribution in [2.45, 2.75) is 44.3 Å². The number of piperidine rings is 2. The third-order valence-corrected chi connectivity index (χ3v) is 8.37. The number of hydrogen-bond donors (Lipinski definition) is 2. The molecule has 0 saturated carbocycles. The van der Waals surface area contributed by atoms with Crippen molar-refractivity contribution in [2.24, 2.45) is 5.92 Å². The summed E-state index contributed by atoms with van der Waals surface area (Å²) in [6.07, 6.45) is 2.99. The third kappa shape index (κ3) is 6.52. The van der Waals surface area contributed by atoms with Gasteiger partial charge in [-0.3, -0.25) is 14.9 Å². The molecule has 2 amide bonds. The SMILES string of the molecule is O=C1CCC(c2cn3cc(CNCC4CCN(c5ncc(-c6cccc(Cl)c6)cc5C(F)(F)F)CC4)ccc3n2)C(=O)N1. The summed E-state index contributed by atoms with van der Waals surface area (Å²) in [7, 11) is 0. The second kappa shape index (κ2) is 12.0. The summed E-state index contributed by atoms with van der Waals surface area (Å²) in [5.74, 6) is -0.710. The number of nitrogens with zero attached hydrogens (tertiary/aromatic N) is 4. The van der Waals surface area contributed by atoms with E-state index in [1.807, 2.05) is 28.9 Å². The zero-order valence-electron chi connectivity index (χ0n) is 23.2. The highest BCUT2D eigenvalue weighted by Crippen LogP contribution is 2.39. The van der Waals surface area contributed by atoms with Crippen molar-refractivity contribution in [1.29, 1.82) is 0 Å². The maximum absolute atomic E-state index is 14.1. The molecule has 3 aromatic heterocycles. The fourth-order valence-corrected chi connectivity index (χ4v) is 6.01. The monoisotopic (exact) mass is 610 g/mol. The van der Waals surface area contributed by atoms with E-state index in [0.29, 0.717) is 60.2 Å². The molecule has 2 aliphatic heterocycles. The minimum Gasteiger partial charge on any atom is -0.356 e. The number of aromatic nitrogens is 3. The average molecular weight is 611 g/mol. The summed E-state index contributed by atoms with van der Waals surface area (Å²) in [6.45, 7) is 2.34. The molecule has 43 heavy (non-hydrogen) atoms. The van der Waals surface area contributed by atoms with E-state index in [4.69, 9.17) is 11.6 Å². The highest BCUT2D eigenvalue weighted by Gasteiger charge is 2.37. The summed E-state index contributed by atoms with van der Waals surface area (Å²) in [4.78, 5) is 34.3. The van der Waals surface area contributed by atoms with Crippen molar-refractivity contribution in [3.63, 3.8) is 0 Å². The predicted molar refractivity (Wildman–Crippen MR) is 157 cm³/mol. The van der Waals surface area contributed by atoms with Crippen LogP contribution in [0.25, 0.3) is 16.8 Å². The van der Waals surface area contributed by atoms with Gasteiger partial charge in [0.2, 0.25) is 11.8 Å². The molecule has 6 rings (SSSR count). The Balaban J connectivity index is 1.05. The standard InChI is InChI=1S/C31H30ClF3N6O2/c32-23-3-1-2-21(12-23)22-13-25(31(33,34)35)29(37-16-22)40-10-8-19(9-11-40)14-36-15-20-4-6-27-38-26(18-41(27)17-20)24-5-7-28(42)39-30(24)43/h1-4,6,12-13,16-19,24,36H,5,7-11,14-15H2,(H,39,42,43). The Bertz CT molecular complexity index is 1670. The van der Waals surface area contributed by atoms with Crippen LogP contribution in [0.3, 0.4) is 0 Å². The van der Waals surface area contributed by atoms with Crippen molar-refractivity contribution in [1.82, 2.24) is 25.0 Å². The molecule has 224 valence electrons.